The summed E-state index contributed by atoms with van der Waals surface area (Å²) in [4.78, 5) is 39.0. The second kappa shape index (κ2) is 8.96. The van der Waals surface area contributed by atoms with E-state index in [0.29, 0.717) is 16.6 Å². The summed E-state index contributed by atoms with van der Waals surface area (Å²) in [5, 5.41) is 16.4. The molecule has 0 bridgehead atoms. The molecule has 0 radical (unpaired) electrons. The normalized spacial score (nSPS) is 19.9. The average molecular weight is 488 g/mol. The van der Waals surface area contributed by atoms with Crippen molar-refractivity contribution in [2.75, 3.05) is 11.9 Å². The zero-order chi connectivity index (χ0) is 24.6. The standard InChI is InChI=1S/C23H23ClFN5O4/c1-23(34)9-18(20(31)27-10-13-5-4-7-15(24)19(13)25)30(12-23)22(33)28-16-11-29(21(26)32)17-8-3-2-6-14(16)17/h2-8,11,18,34H,9-10,12H2,1H3,(H2,26,32)(H,27,31)(H,28,33)/t18-,23-/m0/s1. The van der Waals surface area contributed by atoms with E-state index in [1.165, 1.54) is 34.7 Å². The van der Waals surface area contributed by atoms with Crippen molar-refractivity contribution in [2.45, 2.75) is 31.5 Å². The molecule has 0 spiro atoms. The van der Waals surface area contributed by atoms with Crippen LogP contribution in [0.2, 0.25) is 5.02 Å². The topological polar surface area (TPSA) is 130 Å². The number of carbonyl (C=O) groups excluding carboxylic acids is 3. The average Bonchev–Trinajstić information content (AvgIpc) is 3.32. The molecule has 4 amide bonds. The number of amides is 4. The molecule has 0 aliphatic carbocycles. The molecule has 178 valence electrons. The predicted octanol–water partition coefficient (Wildman–Crippen LogP) is 3.03. The molecular weight excluding hydrogens is 465 g/mol. The van der Waals surface area contributed by atoms with Crippen molar-refractivity contribution in [1.82, 2.24) is 14.8 Å². The number of carbonyl (C=O) groups is 3. The maximum atomic E-state index is 14.2. The van der Waals surface area contributed by atoms with Crippen LogP contribution < -0.4 is 16.4 Å². The van der Waals surface area contributed by atoms with E-state index in [-0.39, 0.29) is 30.1 Å². The van der Waals surface area contributed by atoms with Gasteiger partial charge in [-0.3, -0.25) is 9.36 Å². The van der Waals surface area contributed by atoms with Crippen LogP contribution in [0.1, 0.15) is 18.9 Å². The summed E-state index contributed by atoms with van der Waals surface area (Å²) in [6.07, 6.45) is 1.39. The number of halogens is 2. The number of aliphatic hydroxyl groups is 1. The quantitative estimate of drug-likeness (QED) is 0.450. The Labute approximate surface area is 199 Å². The molecule has 0 unspecified atom stereocenters. The second-order valence-electron chi connectivity index (χ2n) is 8.47. The van der Waals surface area contributed by atoms with Crippen molar-refractivity contribution in [3.05, 3.63) is 65.1 Å². The first-order valence-corrected chi connectivity index (χ1v) is 10.9. The number of hydrogen-bond donors (Lipinski definition) is 4. The van der Waals surface area contributed by atoms with Crippen LogP contribution in [0.4, 0.5) is 19.7 Å². The van der Waals surface area contributed by atoms with Crippen molar-refractivity contribution < 1.29 is 23.9 Å². The highest BCUT2D eigenvalue weighted by atomic mass is 35.5. The first-order valence-electron chi connectivity index (χ1n) is 10.5. The third-order valence-electron chi connectivity index (χ3n) is 5.76. The number of nitrogens with two attached hydrogens (primary N) is 1. The molecule has 1 fully saturated rings. The summed E-state index contributed by atoms with van der Waals surface area (Å²) in [6, 6.07) is 8.98. The van der Waals surface area contributed by atoms with E-state index >= 15 is 0 Å². The molecule has 0 saturated carbocycles. The third kappa shape index (κ3) is 4.55. The number of fused-ring (bicyclic) bond motifs is 1. The number of β-amino-alcohol motifs (C(OH)–C–C–N with tert-alkyl or cyclic N) is 1. The summed E-state index contributed by atoms with van der Waals surface area (Å²) < 4.78 is 15.4. The zero-order valence-corrected chi connectivity index (χ0v) is 19.0. The number of urea groups is 1. The van der Waals surface area contributed by atoms with E-state index in [1.54, 1.807) is 30.3 Å². The SMILES string of the molecule is C[C@]1(O)C[C@@H](C(=O)NCc2cccc(Cl)c2F)N(C(=O)Nc2cn(C(N)=O)c3ccccc23)C1. The Bertz CT molecular complexity index is 1290. The van der Waals surface area contributed by atoms with Gasteiger partial charge in [0.05, 0.1) is 28.4 Å². The Balaban J connectivity index is 1.53. The Morgan fingerprint density at radius 2 is 1.97 bits per heavy atom. The van der Waals surface area contributed by atoms with Crippen LogP contribution in [0.5, 0.6) is 0 Å². The molecular formula is C23H23ClFN5O4. The maximum Gasteiger partial charge on any atom is 0.323 e. The van der Waals surface area contributed by atoms with Gasteiger partial charge in [0.1, 0.15) is 11.9 Å². The van der Waals surface area contributed by atoms with Crippen molar-refractivity contribution in [3.63, 3.8) is 0 Å². The minimum Gasteiger partial charge on any atom is -0.388 e. The number of para-hydroxylation sites is 1. The fourth-order valence-electron chi connectivity index (χ4n) is 4.15. The number of rotatable bonds is 4. The monoisotopic (exact) mass is 487 g/mol. The Hall–Kier alpha value is -3.63. The number of hydrogen-bond acceptors (Lipinski definition) is 4. The molecule has 11 heteroatoms. The summed E-state index contributed by atoms with van der Waals surface area (Å²) in [5.41, 5.74) is 5.15. The largest absolute Gasteiger partial charge is 0.388 e. The van der Waals surface area contributed by atoms with Crippen molar-refractivity contribution in [2.24, 2.45) is 5.73 Å². The maximum absolute atomic E-state index is 14.2. The van der Waals surface area contributed by atoms with Gasteiger partial charge in [-0.15, -0.1) is 0 Å². The lowest BCUT2D eigenvalue weighted by Crippen LogP contribution is -2.47. The lowest BCUT2D eigenvalue weighted by Gasteiger charge is -2.24. The molecule has 2 heterocycles. The molecule has 2 aromatic carbocycles. The van der Waals surface area contributed by atoms with Gasteiger partial charge in [0.25, 0.3) is 0 Å². The fourth-order valence-corrected chi connectivity index (χ4v) is 4.34. The molecule has 1 aliphatic rings. The number of nitrogens with one attached hydrogen (secondary N) is 2. The summed E-state index contributed by atoms with van der Waals surface area (Å²) in [5.74, 6) is -1.19. The molecule has 2 atom stereocenters. The minimum atomic E-state index is -1.30. The molecule has 5 N–H and O–H groups in total. The predicted molar refractivity (Wildman–Crippen MR) is 125 cm³/mol. The molecule has 3 aromatic rings. The van der Waals surface area contributed by atoms with E-state index in [4.69, 9.17) is 17.3 Å². The highest BCUT2D eigenvalue weighted by Crippen LogP contribution is 2.30. The number of primary amides is 1. The van der Waals surface area contributed by atoms with E-state index in [2.05, 4.69) is 10.6 Å². The van der Waals surface area contributed by atoms with Gasteiger partial charge in [-0.2, -0.15) is 0 Å². The zero-order valence-electron chi connectivity index (χ0n) is 18.2. The van der Waals surface area contributed by atoms with Crippen LogP contribution in [-0.4, -0.2) is 50.7 Å². The summed E-state index contributed by atoms with van der Waals surface area (Å²) in [7, 11) is 0. The number of likely N-dealkylation sites (tertiary alicyclic amines) is 1. The highest BCUT2D eigenvalue weighted by Gasteiger charge is 2.45. The van der Waals surface area contributed by atoms with Crippen LogP contribution in [0.15, 0.2) is 48.7 Å². The van der Waals surface area contributed by atoms with Crippen molar-refractivity contribution >= 4 is 46.2 Å². The van der Waals surface area contributed by atoms with Crippen LogP contribution in [0.3, 0.4) is 0 Å². The van der Waals surface area contributed by atoms with Crippen LogP contribution in [0, 0.1) is 5.82 Å². The summed E-state index contributed by atoms with van der Waals surface area (Å²) in [6.45, 7) is 1.29. The summed E-state index contributed by atoms with van der Waals surface area (Å²) >= 11 is 5.79. The number of nitrogens with zero attached hydrogens (tertiary/aromatic N) is 2. The van der Waals surface area contributed by atoms with Crippen molar-refractivity contribution in [1.29, 1.82) is 0 Å². The molecule has 1 aromatic heterocycles. The Morgan fingerprint density at radius 3 is 2.71 bits per heavy atom. The van der Waals surface area contributed by atoms with Gasteiger partial charge in [0.15, 0.2) is 0 Å². The Morgan fingerprint density at radius 1 is 1.24 bits per heavy atom. The van der Waals surface area contributed by atoms with Gasteiger partial charge >= 0.3 is 12.1 Å². The van der Waals surface area contributed by atoms with Gasteiger partial charge in [-0.1, -0.05) is 41.9 Å². The number of anilines is 1. The molecule has 1 saturated heterocycles. The highest BCUT2D eigenvalue weighted by molar-refractivity contribution is 6.30. The molecule has 9 nitrogen and oxygen atoms in total. The van der Waals surface area contributed by atoms with Gasteiger partial charge in [0.2, 0.25) is 5.91 Å². The van der Waals surface area contributed by atoms with Crippen LogP contribution in [0.25, 0.3) is 10.9 Å². The van der Waals surface area contributed by atoms with Crippen LogP contribution in [-0.2, 0) is 11.3 Å². The number of benzene rings is 2. The van der Waals surface area contributed by atoms with E-state index < -0.39 is 35.4 Å². The smallest absolute Gasteiger partial charge is 0.323 e. The Kier molecular flexibility index (Phi) is 6.20. The van der Waals surface area contributed by atoms with Gasteiger partial charge in [-0.25, -0.2) is 14.0 Å². The van der Waals surface area contributed by atoms with E-state index in [9.17, 15) is 23.9 Å². The minimum absolute atomic E-state index is 0.00662. The third-order valence-corrected chi connectivity index (χ3v) is 6.05. The molecule has 4 rings (SSSR count). The first-order chi connectivity index (χ1) is 16.1. The first kappa shape index (κ1) is 23.5. The van der Waals surface area contributed by atoms with E-state index in [1.807, 2.05) is 0 Å². The van der Waals surface area contributed by atoms with Gasteiger partial charge in [0, 0.05) is 30.1 Å². The second-order valence-corrected chi connectivity index (χ2v) is 8.88. The van der Waals surface area contributed by atoms with E-state index in [0.717, 1.165) is 0 Å². The lowest BCUT2D eigenvalue weighted by atomic mass is 10.0. The molecule has 1 aliphatic heterocycles. The van der Waals surface area contributed by atoms with Gasteiger partial charge < -0.3 is 26.4 Å². The fraction of sp³-hybridized carbons (Fsp3) is 0.261. The lowest BCUT2D eigenvalue weighted by molar-refractivity contribution is -0.125. The molecule has 34 heavy (non-hydrogen) atoms. The van der Waals surface area contributed by atoms with Crippen LogP contribution >= 0.6 is 11.6 Å². The number of aromatic nitrogens is 1. The van der Waals surface area contributed by atoms with Gasteiger partial charge in [-0.05, 0) is 19.1 Å². The van der Waals surface area contributed by atoms with Crippen molar-refractivity contribution in [3.8, 4) is 0 Å².